The van der Waals surface area contributed by atoms with Crippen LogP contribution in [0.4, 0.5) is 4.39 Å². The lowest BCUT2D eigenvalue weighted by atomic mass is 9.70. The average molecular weight is 481 g/mol. The van der Waals surface area contributed by atoms with E-state index in [1.807, 2.05) is 24.5 Å². The molecule has 0 bridgehead atoms. The molecule has 0 spiro atoms. The Morgan fingerprint density at radius 2 is 1.75 bits per heavy atom. The van der Waals surface area contributed by atoms with E-state index >= 15 is 0 Å². The Bertz CT molecular complexity index is 1490. The summed E-state index contributed by atoms with van der Waals surface area (Å²) in [5, 5.41) is 1.02. The average Bonchev–Trinajstić information content (AvgIpc) is 3.49. The number of H-pyrrole nitrogens is 1. The first kappa shape index (κ1) is 23.0. The molecule has 6 rings (SSSR count). The molecule has 1 aliphatic carbocycles. The van der Waals surface area contributed by atoms with Crippen molar-refractivity contribution < 1.29 is 4.39 Å². The summed E-state index contributed by atoms with van der Waals surface area (Å²) in [4.78, 5) is 10.7. The zero-order valence-electron chi connectivity index (χ0n) is 21.0. The van der Waals surface area contributed by atoms with Crippen LogP contribution in [0, 0.1) is 5.82 Å². The van der Waals surface area contributed by atoms with E-state index in [0.29, 0.717) is 5.92 Å². The van der Waals surface area contributed by atoms with Gasteiger partial charge in [0.25, 0.3) is 0 Å². The Hall–Kier alpha value is -3.44. The second kappa shape index (κ2) is 9.21. The molecule has 0 radical (unpaired) electrons. The van der Waals surface area contributed by atoms with Crippen molar-refractivity contribution in [2.24, 2.45) is 0 Å². The van der Waals surface area contributed by atoms with Gasteiger partial charge in [0, 0.05) is 28.7 Å². The van der Waals surface area contributed by atoms with Crippen molar-refractivity contribution in [1.29, 1.82) is 0 Å². The van der Waals surface area contributed by atoms with Gasteiger partial charge in [0.2, 0.25) is 0 Å². The molecular weight excluding hydrogens is 447 g/mol. The van der Waals surface area contributed by atoms with Crippen LogP contribution in [0.3, 0.4) is 0 Å². The van der Waals surface area contributed by atoms with Crippen molar-refractivity contribution in [2.45, 2.75) is 50.1 Å². The number of benzene rings is 3. The van der Waals surface area contributed by atoms with Crippen LogP contribution in [0.1, 0.15) is 48.4 Å². The van der Waals surface area contributed by atoms with E-state index in [-0.39, 0.29) is 11.4 Å². The van der Waals surface area contributed by atoms with Gasteiger partial charge in [-0.25, -0.2) is 9.37 Å². The van der Waals surface area contributed by atoms with Crippen LogP contribution in [0.25, 0.3) is 21.9 Å². The van der Waals surface area contributed by atoms with E-state index in [4.69, 9.17) is 0 Å². The van der Waals surface area contributed by atoms with Crippen molar-refractivity contribution >= 4 is 21.9 Å². The summed E-state index contributed by atoms with van der Waals surface area (Å²) in [5.41, 5.74) is 7.19. The molecule has 5 aromatic rings. The highest BCUT2D eigenvalue weighted by atomic mass is 19.1. The molecule has 1 aliphatic rings. The Labute approximate surface area is 211 Å². The highest BCUT2D eigenvalue weighted by Gasteiger charge is 2.39. The fourth-order valence-corrected chi connectivity index (χ4v) is 6.41. The van der Waals surface area contributed by atoms with E-state index in [2.05, 4.69) is 76.0 Å². The summed E-state index contributed by atoms with van der Waals surface area (Å²) < 4.78 is 16.5. The van der Waals surface area contributed by atoms with Crippen LogP contribution < -0.4 is 0 Å². The minimum atomic E-state index is -0.179. The summed E-state index contributed by atoms with van der Waals surface area (Å²) in [7, 11) is 4.42. The molecule has 1 fully saturated rings. The van der Waals surface area contributed by atoms with Gasteiger partial charge < -0.3 is 9.55 Å². The molecule has 0 unspecified atom stereocenters. The minimum absolute atomic E-state index is 0.0613. The molecule has 2 aromatic heterocycles. The molecule has 1 saturated carbocycles. The first-order valence-corrected chi connectivity index (χ1v) is 13.0. The SMILES string of the molecule is CN(C)C1(c2ccccc2)CCC(c2[nH]c3ccc(F)cc3c2CCn2cnc3ccccc32)CC1. The van der Waals surface area contributed by atoms with Crippen LogP contribution in [0.15, 0.2) is 79.1 Å². The number of hydrogen-bond donors (Lipinski definition) is 1. The lowest BCUT2D eigenvalue weighted by Gasteiger charge is -2.45. The van der Waals surface area contributed by atoms with Gasteiger partial charge in [-0.3, -0.25) is 4.90 Å². The molecule has 184 valence electrons. The second-order valence-corrected chi connectivity index (χ2v) is 10.5. The van der Waals surface area contributed by atoms with Gasteiger partial charge in [-0.1, -0.05) is 42.5 Å². The fourth-order valence-electron chi connectivity index (χ4n) is 6.41. The third-order valence-corrected chi connectivity index (χ3v) is 8.42. The summed E-state index contributed by atoms with van der Waals surface area (Å²) in [6.45, 7) is 0.815. The topological polar surface area (TPSA) is 36.9 Å². The van der Waals surface area contributed by atoms with E-state index in [9.17, 15) is 4.39 Å². The first-order chi connectivity index (χ1) is 17.5. The number of aromatic nitrogens is 3. The van der Waals surface area contributed by atoms with E-state index in [1.165, 1.54) is 16.8 Å². The Morgan fingerprint density at radius 3 is 2.53 bits per heavy atom. The number of para-hydroxylation sites is 2. The van der Waals surface area contributed by atoms with Crippen molar-refractivity contribution in [3.63, 3.8) is 0 Å². The van der Waals surface area contributed by atoms with E-state index in [1.54, 1.807) is 12.1 Å². The van der Waals surface area contributed by atoms with Crippen molar-refractivity contribution in [3.05, 3.63) is 102 Å². The largest absolute Gasteiger partial charge is 0.358 e. The third-order valence-electron chi connectivity index (χ3n) is 8.42. The zero-order chi connectivity index (χ0) is 24.7. The normalized spacial score (nSPS) is 20.5. The van der Waals surface area contributed by atoms with Gasteiger partial charge in [-0.15, -0.1) is 0 Å². The second-order valence-electron chi connectivity index (χ2n) is 10.5. The first-order valence-electron chi connectivity index (χ1n) is 13.0. The number of fused-ring (bicyclic) bond motifs is 2. The minimum Gasteiger partial charge on any atom is -0.358 e. The summed E-state index contributed by atoms with van der Waals surface area (Å²) in [5.74, 6) is 0.258. The van der Waals surface area contributed by atoms with Crippen LogP contribution in [0.2, 0.25) is 0 Å². The maximum absolute atomic E-state index is 14.3. The number of hydrogen-bond acceptors (Lipinski definition) is 2. The quantitative estimate of drug-likeness (QED) is 0.284. The predicted molar refractivity (Wildman–Crippen MR) is 145 cm³/mol. The number of aromatic amines is 1. The van der Waals surface area contributed by atoms with Crippen molar-refractivity contribution in [2.75, 3.05) is 14.1 Å². The molecule has 0 amide bonds. The van der Waals surface area contributed by atoms with Gasteiger partial charge in [-0.05, 0) is 93.6 Å². The molecule has 5 heteroatoms. The lowest BCUT2D eigenvalue weighted by Crippen LogP contribution is -2.44. The molecule has 4 nitrogen and oxygen atoms in total. The van der Waals surface area contributed by atoms with Gasteiger partial charge in [0.15, 0.2) is 0 Å². The number of halogens is 1. The number of aryl methyl sites for hydroxylation is 2. The highest BCUT2D eigenvalue weighted by Crippen LogP contribution is 2.47. The smallest absolute Gasteiger partial charge is 0.123 e. The highest BCUT2D eigenvalue weighted by molar-refractivity contribution is 5.85. The molecule has 36 heavy (non-hydrogen) atoms. The van der Waals surface area contributed by atoms with Crippen LogP contribution >= 0.6 is 0 Å². The number of nitrogens with zero attached hydrogens (tertiary/aromatic N) is 3. The number of rotatable bonds is 6. The van der Waals surface area contributed by atoms with Crippen molar-refractivity contribution in [3.8, 4) is 0 Å². The number of nitrogens with one attached hydrogen (secondary N) is 1. The van der Waals surface area contributed by atoms with E-state index in [0.717, 1.165) is 60.6 Å². The third kappa shape index (κ3) is 3.92. The summed E-state index contributed by atoms with van der Waals surface area (Å²) in [6, 6.07) is 24.3. The van der Waals surface area contributed by atoms with Crippen LogP contribution in [-0.2, 0) is 18.5 Å². The van der Waals surface area contributed by atoms with Crippen molar-refractivity contribution in [1.82, 2.24) is 19.4 Å². The maximum atomic E-state index is 14.3. The molecule has 3 aromatic carbocycles. The Balaban J connectivity index is 1.32. The molecule has 2 heterocycles. The molecule has 0 saturated heterocycles. The molecule has 0 atom stereocenters. The number of imidazole rings is 1. The van der Waals surface area contributed by atoms with E-state index < -0.39 is 0 Å². The Morgan fingerprint density at radius 1 is 1.00 bits per heavy atom. The standard InChI is InChI=1S/C31H33FN4/c1-35(2)31(23-8-4-3-5-9-23)17-14-22(15-18-31)30-25(26-20-24(32)12-13-27(26)34-30)16-19-36-21-33-28-10-6-7-11-29(28)36/h3-13,20-22,34H,14-19H2,1-2H3. The Kier molecular flexibility index (Phi) is 5.88. The molecular formula is C31H33FN4. The van der Waals surface area contributed by atoms with Gasteiger partial charge in [-0.2, -0.15) is 0 Å². The monoisotopic (exact) mass is 480 g/mol. The summed E-state index contributed by atoms with van der Waals surface area (Å²) in [6.07, 6.45) is 7.17. The molecule has 0 aliphatic heterocycles. The fraction of sp³-hybridized carbons (Fsp3) is 0.323. The van der Waals surface area contributed by atoms with Gasteiger partial charge in [0.1, 0.15) is 5.82 Å². The molecule has 1 N–H and O–H groups in total. The van der Waals surface area contributed by atoms with Crippen LogP contribution in [0.5, 0.6) is 0 Å². The van der Waals surface area contributed by atoms with Gasteiger partial charge >= 0.3 is 0 Å². The van der Waals surface area contributed by atoms with Gasteiger partial charge in [0.05, 0.1) is 17.4 Å². The predicted octanol–water partition coefficient (Wildman–Crippen LogP) is 7.01. The summed E-state index contributed by atoms with van der Waals surface area (Å²) >= 11 is 0. The zero-order valence-corrected chi connectivity index (χ0v) is 21.0. The lowest BCUT2D eigenvalue weighted by molar-refractivity contribution is 0.0903. The maximum Gasteiger partial charge on any atom is 0.123 e. The van der Waals surface area contributed by atoms with Crippen LogP contribution in [-0.4, -0.2) is 33.5 Å².